The molecule has 0 radical (unpaired) electrons. The van der Waals surface area contributed by atoms with Gasteiger partial charge in [-0.05, 0) is 12.1 Å². The zero-order chi connectivity index (χ0) is 8.72. The first-order valence-electron chi connectivity index (χ1n) is 3.45. The van der Waals surface area contributed by atoms with Crippen molar-refractivity contribution in [2.45, 2.75) is 0 Å². The summed E-state index contributed by atoms with van der Waals surface area (Å²) in [5.74, 6) is 0. The van der Waals surface area contributed by atoms with Gasteiger partial charge < -0.3 is 4.57 Å². The van der Waals surface area contributed by atoms with Crippen molar-refractivity contribution in [1.29, 1.82) is 0 Å². The second kappa shape index (κ2) is 2.64. The molecule has 2 rings (SSSR count). The van der Waals surface area contributed by atoms with Crippen LogP contribution in [0.2, 0.25) is 10.3 Å². The largest absolute Gasteiger partial charge is 0.350 e. The molecule has 2 aromatic rings. The average molecular weight is 201 g/mol. The molecular weight excluding hydrogens is 195 g/mol. The first kappa shape index (κ1) is 7.90. The summed E-state index contributed by atoms with van der Waals surface area (Å²) in [6.07, 6.45) is 1.93. The molecule has 62 valence electrons. The van der Waals surface area contributed by atoms with Gasteiger partial charge >= 0.3 is 0 Å². The number of pyridine rings is 1. The quantitative estimate of drug-likeness (QED) is 0.599. The summed E-state index contributed by atoms with van der Waals surface area (Å²) in [6.45, 7) is 0. The molecule has 4 heteroatoms. The van der Waals surface area contributed by atoms with Crippen molar-refractivity contribution in [3.05, 3.63) is 28.6 Å². The Morgan fingerprint density at radius 2 is 2.17 bits per heavy atom. The van der Waals surface area contributed by atoms with Crippen LogP contribution in [0.3, 0.4) is 0 Å². The molecule has 0 fully saturated rings. The van der Waals surface area contributed by atoms with Gasteiger partial charge in [-0.3, -0.25) is 0 Å². The zero-order valence-corrected chi connectivity index (χ0v) is 7.89. The Morgan fingerprint density at radius 3 is 2.92 bits per heavy atom. The van der Waals surface area contributed by atoms with Crippen molar-refractivity contribution in [2.75, 3.05) is 0 Å². The van der Waals surface area contributed by atoms with Crippen molar-refractivity contribution >= 4 is 34.1 Å². The standard InChI is InChI=1S/C8H6Cl2N2/c1-12-3-2-5-6(12)4-7(9)11-8(5)10/h2-4H,1H3. The normalized spacial score (nSPS) is 10.9. The number of hydrogen-bond donors (Lipinski definition) is 0. The molecule has 2 nitrogen and oxygen atoms in total. The molecule has 0 aliphatic carbocycles. The molecule has 0 aliphatic rings. The molecular formula is C8H6Cl2N2. The third-order valence-electron chi connectivity index (χ3n) is 1.80. The molecule has 0 atom stereocenters. The highest BCUT2D eigenvalue weighted by Crippen LogP contribution is 2.24. The van der Waals surface area contributed by atoms with Crippen molar-refractivity contribution in [3.63, 3.8) is 0 Å². The zero-order valence-electron chi connectivity index (χ0n) is 6.38. The minimum atomic E-state index is 0.425. The summed E-state index contributed by atoms with van der Waals surface area (Å²) in [6, 6.07) is 3.71. The lowest BCUT2D eigenvalue weighted by molar-refractivity contribution is 0.968. The van der Waals surface area contributed by atoms with Crippen molar-refractivity contribution in [3.8, 4) is 0 Å². The van der Waals surface area contributed by atoms with E-state index >= 15 is 0 Å². The first-order chi connectivity index (χ1) is 5.68. The van der Waals surface area contributed by atoms with E-state index in [9.17, 15) is 0 Å². The van der Waals surface area contributed by atoms with Crippen LogP contribution in [0.25, 0.3) is 10.9 Å². The van der Waals surface area contributed by atoms with Crippen LogP contribution < -0.4 is 0 Å². The predicted octanol–water partition coefficient (Wildman–Crippen LogP) is 2.88. The summed E-state index contributed by atoms with van der Waals surface area (Å²) in [7, 11) is 1.94. The maximum atomic E-state index is 5.87. The lowest BCUT2D eigenvalue weighted by Gasteiger charge is -1.97. The molecule has 0 N–H and O–H groups in total. The van der Waals surface area contributed by atoms with E-state index in [0.717, 1.165) is 10.9 Å². The Labute approximate surface area is 79.7 Å². The third kappa shape index (κ3) is 1.08. The van der Waals surface area contributed by atoms with Crippen LogP contribution in [-0.2, 0) is 7.05 Å². The van der Waals surface area contributed by atoms with Gasteiger partial charge in [0.1, 0.15) is 10.3 Å². The lowest BCUT2D eigenvalue weighted by atomic mass is 10.3. The van der Waals surface area contributed by atoms with E-state index in [1.165, 1.54) is 0 Å². The van der Waals surface area contributed by atoms with E-state index < -0.39 is 0 Å². The molecule has 0 aliphatic heterocycles. The number of hydrogen-bond acceptors (Lipinski definition) is 1. The third-order valence-corrected chi connectivity index (χ3v) is 2.29. The predicted molar refractivity (Wildman–Crippen MR) is 50.7 cm³/mol. The molecule has 2 heterocycles. The number of fused-ring (bicyclic) bond motifs is 1. The molecule has 0 amide bonds. The van der Waals surface area contributed by atoms with Gasteiger partial charge in [0.25, 0.3) is 0 Å². The average Bonchev–Trinajstić information content (AvgIpc) is 2.33. The number of aromatic nitrogens is 2. The number of halogens is 2. The molecule has 0 saturated heterocycles. The van der Waals surface area contributed by atoms with Gasteiger partial charge in [0.2, 0.25) is 0 Å². The van der Waals surface area contributed by atoms with E-state index in [4.69, 9.17) is 23.2 Å². The Bertz CT molecular complexity index is 434. The molecule has 2 aromatic heterocycles. The molecule has 0 bridgehead atoms. The summed E-state index contributed by atoms with van der Waals surface area (Å²) < 4.78 is 1.95. The summed E-state index contributed by atoms with van der Waals surface area (Å²) in [5, 5.41) is 1.82. The van der Waals surface area contributed by atoms with E-state index in [1.54, 1.807) is 6.07 Å². The van der Waals surface area contributed by atoms with E-state index in [-0.39, 0.29) is 0 Å². The van der Waals surface area contributed by atoms with Crippen LogP contribution in [0.15, 0.2) is 18.3 Å². The minimum Gasteiger partial charge on any atom is -0.350 e. The maximum absolute atomic E-state index is 5.87. The van der Waals surface area contributed by atoms with E-state index in [0.29, 0.717) is 10.3 Å². The Morgan fingerprint density at radius 1 is 1.42 bits per heavy atom. The van der Waals surface area contributed by atoms with Gasteiger partial charge in [-0.1, -0.05) is 23.2 Å². The van der Waals surface area contributed by atoms with Crippen molar-refractivity contribution < 1.29 is 0 Å². The van der Waals surface area contributed by atoms with Crippen LogP contribution in [0.1, 0.15) is 0 Å². The van der Waals surface area contributed by atoms with Crippen molar-refractivity contribution in [2.24, 2.45) is 7.05 Å². The summed E-state index contributed by atoms with van der Waals surface area (Å²) in [4.78, 5) is 3.93. The summed E-state index contributed by atoms with van der Waals surface area (Å²) in [5.41, 5.74) is 1.00. The Balaban J connectivity index is 2.92. The molecule has 0 spiro atoms. The highest BCUT2D eigenvalue weighted by atomic mass is 35.5. The SMILES string of the molecule is Cn1ccc2c(Cl)nc(Cl)cc21. The molecule has 12 heavy (non-hydrogen) atoms. The van der Waals surface area contributed by atoms with Gasteiger partial charge in [0, 0.05) is 18.6 Å². The minimum absolute atomic E-state index is 0.425. The van der Waals surface area contributed by atoms with Gasteiger partial charge in [0.15, 0.2) is 0 Å². The number of aryl methyl sites for hydroxylation is 1. The first-order valence-corrected chi connectivity index (χ1v) is 4.21. The monoisotopic (exact) mass is 200 g/mol. The highest BCUT2D eigenvalue weighted by molar-refractivity contribution is 6.36. The topological polar surface area (TPSA) is 17.8 Å². The highest BCUT2D eigenvalue weighted by Gasteiger charge is 2.04. The maximum Gasteiger partial charge on any atom is 0.140 e. The van der Waals surface area contributed by atoms with Crippen molar-refractivity contribution in [1.82, 2.24) is 9.55 Å². The van der Waals surface area contributed by atoms with E-state index in [1.807, 2.05) is 23.9 Å². The second-order valence-electron chi connectivity index (χ2n) is 2.60. The number of nitrogens with zero attached hydrogens (tertiary/aromatic N) is 2. The molecule has 0 aromatic carbocycles. The van der Waals surface area contributed by atoms with E-state index in [2.05, 4.69) is 4.98 Å². The fourth-order valence-electron chi connectivity index (χ4n) is 1.20. The second-order valence-corrected chi connectivity index (χ2v) is 3.34. The van der Waals surface area contributed by atoms with Crippen LogP contribution in [0.4, 0.5) is 0 Å². The Kier molecular flexibility index (Phi) is 1.74. The molecule has 0 saturated carbocycles. The fourth-order valence-corrected chi connectivity index (χ4v) is 1.68. The Hall–Kier alpha value is -0.730. The van der Waals surface area contributed by atoms with Crippen LogP contribution in [-0.4, -0.2) is 9.55 Å². The smallest absolute Gasteiger partial charge is 0.140 e. The van der Waals surface area contributed by atoms with Crippen LogP contribution >= 0.6 is 23.2 Å². The molecule has 0 unspecified atom stereocenters. The van der Waals surface area contributed by atoms with Crippen LogP contribution in [0.5, 0.6) is 0 Å². The lowest BCUT2D eigenvalue weighted by Crippen LogP contribution is -1.85. The number of rotatable bonds is 0. The van der Waals surface area contributed by atoms with Crippen LogP contribution in [0, 0.1) is 0 Å². The van der Waals surface area contributed by atoms with Gasteiger partial charge in [-0.2, -0.15) is 0 Å². The summed E-state index contributed by atoms with van der Waals surface area (Å²) >= 11 is 11.6. The van der Waals surface area contributed by atoms with Gasteiger partial charge in [0.05, 0.1) is 5.52 Å². The van der Waals surface area contributed by atoms with Gasteiger partial charge in [-0.25, -0.2) is 4.98 Å². The van der Waals surface area contributed by atoms with Gasteiger partial charge in [-0.15, -0.1) is 0 Å². The fraction of sp³-hybridized carbons (Fsp3) is 0.125.